The monoisotopic (exact) mass is 389 g/mol. The maximum absolute atomic E-state index is 13.3. The molecule has 1 heterocycles. The lowest BCUT2D eigenvalue weighted by Crippen LogP contribution is -2.28. The minimum Gasteiger partial charge on any atom is -0.416 e. The molecule has 4 nitrogen and oxygen atoms in total. The maximum atomic E-state index is 13.3. The Bertz CT molecular complexity index is 1230. The summed E-state index contributed by atoms with van der Waals surface area (Å²) < 4.78 is 5.53. The van der Waals surface area contributed by atoms with Gasteiger partial charge in [0, 0.05) is 28.7 Å². The average Bonchev–Trinajstić information content (AvgIpc) is 2.73. The number of nitrogens with zero attached hydrogens (tertiary/aromatic N) is 1. The SMILES string of the molecule is CN(C(=O)c1oc(=O)c2ccccc2c1-c1ccccc1)c1cccc(Cl)c1. The summed E-state index contributed by atoms with van der Waals surface area (Å²) >= 11 is 6.06. The second-order valence-corrected chi connectivity index (χ2v) is 6.79. The highest BCUT2D eigenvalue weighted by atomic mass is 35.5. The summed E-state index contributed by atoms with van der Waals surface area (Å²) in [6.07, 6.45) is 0. The molecule has 0 aliphatic carbocycles. The molecule has 4 aromatic rings. The molecule has 0 saturated carbocycles. The van der Waals surface area contributed by atoms with Crippen molar-refractivity contribution in [3.63, 3.8) is 0 Å². The summed E-state index contributed by atoms with van der Waals surface area (Å²) in [7, 11) is 1.62. The first-order chi connectivity index (χ1) is 13.6. The van der Waals surface area contributed by atoms with Gasteiger partial charge in [-0.25, -0.2) is 4.79 Å². The van der Waals surface area contributed by atoms with Crippen molar-refractivity contribution in [2.75, 3.05) is 11.9 Å². The second-order valence-electron chi connectivity index (χ2n) is 6.35. The fourth-order valence-electron chi connectivity index (χ4n) is 3.20. The number of halogens is 1. The van der Waals surface area contributed by atoms with E-state index in [1.54, 1.807) is 43.4 Å². The van der Waals surface area contributed by atoms with Gasteiger partial charge in [-0.2, -0.15) is 0 Å². The van der Waals surface area contributed by atoms with E-state index >= 15 is 0 Å². The first-order valence-corrected chi connectivity index (χ1v) is 9.09. The molecule has 0 bridgehead atoms. The maximum Gasteiger partial charge on any atom is 0.344 e. The summed E-state index contributed by atoms with van der Waals surface area (Å²) in [5.41, 5.74) is 1.45. The molecule has 0 radical (unpaired) electrons. The molecule has 0 aliphatic heterocycles. The third-order valence-corrected chi connectivity index (χ3v) is 4.83. The van der Waals surface area contributed by atoms with Gasteiger partial charge in [0.15, 0.2) is 0 Å². The largest absolute Gasteiger partial charge is 0.416 e. The van der Waals surface area contributed by atoms with Gasteiger partial charge < -0.3 is 9.32 Å². The van der Waals surface area contributed by atoms with E-state index in [4.69, 9.17) is 16.0 Å². The van der Waals surface area contributed by atoms with Crippen molar-refractivity contribution in [2.45, 2.75) is 0 Å². The Kier molecular flexibility index (Phi) is 4.72. The number of amides is 1. The number of carbonyl (C=O) groups is 1. The smallest absolute Gasteiger partial charge is 0.344 e. The van der Waals surface area contributed by atoms with Gasteiger partial charge in [0.2, 0.25) is 5.76 Å². The molecule has 3 aromatic carbocycles. The van der Waals surface area contributed by atoms with E-state index in [9.17, 15) is 9.59 Å². The van der Waals surface area contributed by atoms with Gasteiger partial charge in [0.1, 0.15) is 0 Å². The van der Waals surface area contributed by atoms with Gasteiger partial charge in [0.25, 0.3) is 5.91 Å². The third-order valence-electron chi connectivity index (χ3n) is 4.59. The van der Waals surface area contributed by atoms with Crippen LogP contribution in [-0.4, -0.2) is 13.0 Å². The van der Waals surface area contributed by atoms with Crippen molar-refractivity contribution in [2.24, 2.45) is 0 Å². The summed E-state index contributed by atoms with van der Waals surface area (Å²) in [5.74, 6) is -0.429. The number of hydrogen-bond acceptors (Lipinski definition) is 3. The molecular formula is C23H16ClNO3. The van der Waals surface area contributed by atoms with Crippen LogP contribution in [0.1, 0.15) is 10.6 Å². The van der Waals surface area contributed by atoms with Crippen LogP contribution in [0.2, 0.25) is 5.02 Å². The molecule has 1 amide bonds. The summed E-state index contributed by atoms with van der Waals surface area (Å²) in [5, 5.41) is 1.62. The quantitative estimate of drug-likeness (QED) is 0.472. The second kappa shape index (κ2) is 7.33. The van der Waals surface area contributed by atoms with Crippen LogP contribution < -0.4 is 10.5 Å². The molecule has 0 fully saturated rings. The van der Waals surface area contributed by atoms with Crippen LogP contribution in [0, 0.1) is 0 Å². The van der Waals surface area contributed by atoms with E-state index < -0.39 is 11.5 Å². The van der Waals surface area contributed by atoms with Gasteiger partial charge in [-0.1, -0.05) is 66.2 Å². The molecule has 0 unspecified atom stereocenters. The molecule has 5 heteroatoms. The molecule has 0 saturated heterocycles. The molecular weight excluding hydrogens is 374 g/mol. The predicted octanol–water partition coefficient (Wildman–Crippen LogP) is 5.39. The van der Waals surface area contributed by atoms with Crippen molar-refractivity contribution in [1.29, 1.82) is 0 Å². The van der Waals surface area contributed by atoms with Crippen molar-refractivity contribution in [3.05, 3.63) is 100 Å². The van der Waals surface area contributed by atoms with Crippen LogP contribution in [0.4, 0.5) is 5.69 Å². The number of hydrogen-bond donors (Lipinski definition) is 0. The lowest BCUT2D eigenvalue weighted by atomic mass is 9.98. The Morgan fingerprint density at radius 1 is 0.893 bits per heavy atom. The molecule has 0 aliphatic rings. The molecule has 1 aromatic heterocycles. The third kappa shape index (κ3) is 3.19. The highest BCUT2D eigenvalue weighted by Gasteiger charge is 2.24. The molecule has 0 atom stereocenters. The summed E-state index contributed by atoms with van der Waals surface area (Å²) in [6.45, 7) is 0. The van der Waals surface area contributed by atoms with Gasteiger partial charge in [-0.15, -0.1) is 0 Å². The van der Waals surface area contributed by atoms with E-state index in [1.165, 1.54) is 4.90 Å². The number of benzene rings is 3. The van der Waals surface area contributed by atoms with E-state index in [1.807, 2.05) is 42.5 Å². The van der Waals surface area contributed by atoms with Gasteiger partial charge in [-0.3, -0.25) is 4.79 Å². The normalized spacial score (nSPS) is 10.8. The van der Waals surface area contributed by atoms with E-state index in [-0.39, 0.29) is 5.76 Å². The molecule has 138 valence electrons. The standard InChI is InChI=1S/C23H16ClNO3/c1-25(17-11-7-10-16(24)14-17)22(26)21-20(15-8-3-2-4-9-15)18-12-5-6-13-19(18)23(27)28-21/h2-14H,1H3. The fourth-order valence-corrected chi connectivity index (χ4v) is 3.38. The summed E-state index contributed by atoms with van der Waals surface area (Å²) in [6, 6.07) is 23.5. The van der Waals surface area contributed by atoms with Crippen LogP contribution >= 0.6 is 11.6 Å². The van der Waals surface area contributed by atoms with Crippen LogP contribution in [0.25, 0.3) is 21.9 Å². The Balaban J connectivity index is 1.96. The lowest BCUT2D eigenvalue weighted by molar-refractivity contribution is 0.0964. The van der Waals surface area contributed by atoms with Gasteiger partial charge >= 0.3 is 5.63 Å². The van der Waals surface area contributed by atoms with Crippen molar-refractivity contribution in [3.8, 4) is 11.1 Å². The topological polar surface area (TPSA) is 50.5 Å². The highest BCUT2D eigenvalue weighted by molar-refractivity contribution is 6.31. The molecule has 0 spiro atoms. The molecule has 28 heavy (non-hydrogen) atoms. The number of carbonyl (C=O) groups excluding carboxylic acids is 1. The van der Waals surface area contributed by atoms with Crippen molar-refractivity contribution >= 4 is 34.0 Å². The van der Waals surface area contributed by atoms with Gasteiger partial charge in [-0.05, 0) is 29.8 Å². The Hall–Kier alpha value is -3.37. The molecule has 0 N–H and O–H groups in total. The van der Waals surface area contributed by atoms with Crippen molar-refractivity contribution in [1.82, 2.24) is 0 Å². The predicted molar refractivity (Wildman–Crippen MR) is 112 cm³/mol. The summed E-state index contributed by atoms with van der Waals surface area (Å²) in [4.78, 5) is 27.3. The Labute approximate surface area is 166 Å². The fraction of sp³-hybridized carbons (Fsp3) is 0.0435. The number of anilines is 1. The van der Waals surface area contributed by atoms with E-state index in [2.05, 4.69) is 0 Å². The van der Waals surface area contributed by atoms with E-state index in [0.29, 0.717) is 27.0 Å². The number of fused-ring (bicyclic) bond motifs is 1. The highest BCUT2D eigenvalue weighted by Crippen LogP contribution is 2.32. The zero-order chi connectivity index (χ0) is 19.7. The Morgan fingerprint density at radius 3 is 2.29 bits per heavy atom. The van der Waals surface area contributed by atoms with Crippen LogP contribution in [0.5, 0.6) is 0 Å². The number of rotatable bonds is 3. The van der Waals surface area contributed by atoms with Crippen LogP contribution in [-0.2, 0) is 0 Å². The zero-order valence-corrected chi connectivity index (χ0v) is 15.8. The first kappa shape index (κ1) is 18.0. The minimum absolute atomic E-state index is 0.00243. The average molecular weight is 390 g/mol. The van der Waals surface area contributed by atoms with E-state index in [0.717, 1.165) is 5.56 Å². The van der Waals surface area contributed by atoms with Crippen LogP contribution in [0.3, 0.4) is 0 Å². The van der Waals surface area contributed by atoms with Crippen LogP contribution in [0.15, 0.2) is 88.1 Å². The minimum atomic E-state index is -0.543. The van der Waals surface area contributed by atoms with Gasteiger partial charge in [0.05, 0.1) is 5.39 Å². The van der Waals surface area contributed by atoms with Crippen molar-refractivity contribution < 1.29 is 9.21 Å². The zero-order valence-electron chi connectivity index (χ0n) is 15.1. The molecule has 4 rings (SSSR count). The Morgan fingerprint density at radius 2 is 1.57 bits per heavy atom. The lowest BCUT2D eigenvalue weighted by Gasteiger charge is -2.19. The first-order valence-electron chi connectivity index (χ1n) is 8.71.